The van der Waals surface area contributed by atoms with Crippen LogP contribution in [0.15, 0.2) is 9.80 Å². The van der Waals surface area contributed by atoms with Crippen molar-refractivity contribution >= 4 is 23.5 Å². The molecular formula is C12H24BrO3P. The van der Waals surface area contributed by atoms with E-state index >= 15 is 0 Å². The molecule has 0 aliphatic carbocycles. The van der Waals surface area contributed by atoms with Gasteiger partial charge in [0.15, 0.2) is 0 Å². The lowest BCUT2D eigenvalue weighted by Crippen LogP contribution is -1.98. The highest BCUT2D eigenvalue weighted by molar-refractivity contribution is 9.13. The van der Waals surface area contributed by atoms with E-state index in [1.54, 1.807) is 13.8 Å². The summed E-state index contributed by atoms with van der Waals surface area (Å²) < 4.78 is 31.1. The van der Waals surface area contributed by atoms with Gasteiger partial charge in [-0.05, 0) is 54.6 Å². The second kappa shape index (κ2) is 9.32. The van der Waals surface area contributed by atoms with Crippen LogP contribution in [-0.4, -0.2) is 13.2 Å². The SMILES string of the molecule is [2H]CC/C(CCCC)=C(\Br)P(=O)(OCC)OCC. The Kier molecular flexibility index (Phi) is 8.46. The number of halogens is 1. The summed E-state index contributed by atoms with van der Waals surface area (Å²) in [6.45, 7) is 6.66. The first kappa shape index (κ1) is 15.4. The Morgan fingerprint density at radius 3 is 2.29 bits per heavy atom. The number of hydrogen-bond donors (Lipinski definition) is 0. The van der Waals surface area contributed by atoms with Gasteiger partial charge in [-0.1, -0.05) is 20.2 Å². The van der Waals surface area contributed by atoms with Crippen LogP contribution in [0.1, 0.15) is 54.7 Å². The van der Waals surface area contributed by atoms with E-state index < -0.39 is 7.60 Å². The molecule has 0 bridgehead atoms. The van der Waals surface area contributed by atoms with Crippen molar-refractivity contribution in [3.8, 4) is 0 Å². The average molecular weight is 328 g/mol. The van der Waals surface area contributed by atoms with Crippen molar-refractivity contribution in [3.63, 3.8) is 0 Å². The van der Waals surface area contributed by atoms with Crippen molar-refractivity contribution in [1.29, 1.82) is 0 Å². The van der Waals surface area contributed by atoms with Crippen LogP contribution in [0.5, 0.6) is 0 Å². The largest absolute Gasteiger partial charge is 0.368 e. The van der Waals surface area contributed by atoms with Gasteiger partial charge in [0.2, 0.25) is 0 Å². The van der Waals surface area contributed by atoms with Crippen LogP contribution in [0.2, 0.25) is 0 Å². The molecule has 0 aromatic heterocycles. The summed E-state index contributed by atoms with van der Waals surface area (Å²) in [5.41, 5.74) is 0.983. The quantitative estimate of drug-likeness (QED) is 0.527. The predicted molar refractivity (Wildman–Crippen MR) is 76.6 cm³/mol. The summed E-state index contributed by atoms with van der Waals surface area (Å²) in [5.74, 6) is 0. The molecule has 0 aliphatic heterocycles. The Morgan fingerprint density at radius 2 is 1.88 bits per heavy atom. The van der Waals surface area contributed by atoms with E-state index in [0.717, 1.165) is 24.8 Å². The number of rotatable bonds is 9. The number of allylic oxidation sites excluding steroid dienone is 1. The Balaban J connectivity index is 5.14. The van der Waals surface area contributed by atoms with Crippen LogP contribution in [0, 0.1) is 0 Å². The predicted octanol–water partition coefficient (Wildman–Crippen LogP) is 5.46. The van der Waals surface area contributed by atoms with Gasteiger partial charge in [0.1, 0.15) is 4.22 Å². The fraction of sp³-hybridized carbons (Fsp3) is 0.833. The molecule has 0 heterocycles. The van der Waals surface area contributed by atoms with E-state index in [0.29, 0.717) is 23.9 Å². The van der Waals surface area contributed by atoms with Crippen molar-refractivity contribution in [2.75, 3.05) is 13.2 Å². The molecule has 0 saturated heterocycles. The van der Waals surface area contributed by atoms with E-state index in [-0.39, 0.29) is 6.90 Å². The van der Waals surface area contributed by atoms with Gasteiger partial charge in [-0.25, -0.2) is 0 Å². The molecule has 0 fully saturated rings. The van der Waals surface area contributed by atoms with Crippen LogP contribution >= 0.6 is 23.5 Å². The third-order valence-corrected chi connectivity index (χ3v) is 6.12. The van der Waals surface area contributed by atoms with Crippen molar-refractivity contribution in [2.24, 2.45) is 0 Å². The van der Waals surface area contributed by atoms with Gasteiger partial charge < -0.3 is 9.05 Å². The lowest BCUT2D eigenvalue weighted by atomic mass is 10.1. The molecular weight excluding hydrogens is 303 g/mol. The lowest BCUT2D eigenvalue weighted by Gasteiger charge is -2.19. The molecule has 0 rings (SSSR count). The summed E-state index contributed by atoms with van der Waals surface area (Å²) >= 11 is 3.38. The molecule has 3 nitrogen and oxygen atoms in total. The second-order valence-electron chi connectivity index (χ2n) is 3.58. The highest BCUT2D eigenvalue weighted by atomic mass is 79.9. The summed E-state index contributed by atoms with van der Waals surface area (Å²) in [4.78, 5) is 0. The van der Waals surface area contributed by atoms with Crippen LogP contribution < -0.4 is 0 Å². The highest BCUT2D eigenvalue weighted by Crippen LogP contribution is 2.60. The first-order chi connectivity index (χ1) is 8.55. The Bertz CT molecular complexity index is 298. The Morgan fingerprint density at radius 1 is 1.29 bits per heavy atom. The number of hydrogen-bond acceptors (Lipinski definition) is 3. The van der Waals surface area contributed by atoms with E-state index in [1.807, 2.05) is 0 Å². The molecule has 0 aromatic carbocycles. The fourth-order valence-corrected chi connectivity index (χ4v) is 4.01. The monoisotopic (exact) mass is 327 g/mol. The molecule has 0 aliphatic rings. The zero-order valence-electron chi connectivity index (χ0n) is 12.0. The van der Waals surface area contributed by atoms with Crippen molar-refractivity contribution in [1.82, 2.24) is 0 Å². The van der Waals surface area contributed by atoms with E-state index in [9.17, 15) is 4.57 Å². The minimum atomic E-state index is -3.22. The Hall–Kier alpha value is 0.370. The normalized spacial score (nSPS) is 14.5. The van der Waals surface area contributed by atoms with E-state index in [1.165, 1.54) is 0 Å². The molecule has 0 amide bonds. The van der Waals surface area contributed by atoms with Gasteiger partial charge in [0, 0.05) is 1.37 Å². The van der Waals surface area contributed by atoms with E-state index in [2.05, 4.69) is 22.9 Å². The van der Waals surface area contributed by atoms with Gasteiger partial charge >= 0.3 is 7.60 Å². The minimum absolute atomic E-state index is 0.284. The zero-order valence-corrected chi connectivity index (χ0v) is 13.5. The van der Waals surface area contributed by atoms with Gasteiger partial charge in [-0.2, -0.15) is 0 Å². The average Bonchev–Trinajstić information content (AvgIpc) is 2.34. The molecule has 0 atom stereocenters. The maximum absolute atomic E-state index is 12.6. The third-order valence-electron chi connectivity index (χ3n) is 2.26. The summed E-state index contributed by atoms with van der Waals surface area (Å²) in [6.07, 6.45) is 3.52. The summed E-state index contributed by atoms with van der Waals surface area (Å²) in [7, 11) is -3.22. The third kappa shape index (κ3) is 5.69. The molecule has 17 heavy (non-hydrogen) atoms. The molecule has 0 aromatic rings. The van der Waals surface area contributed by atoms with Gasteiger partial charge in [-0.15, -0.1) is 0 Å². The number of unbranched alkanes of at least 4 members (excludes halogenated alkanes) is 1. The zero-order chi connectivity index (χ0) is 14.0. The second-order valence-corrected chi connectivity index (χ2v) is 6.95. The molecule has 0 radical (unpaired) electrons. The molecule has 5 heteroatoms. The van der Waals surface area contributed by atoms with Crippen LogP contribution in [0.25, 0.3) is 0 Å². The fourth-order valence-electron chi connectivity index (χ4n) is 1.41. The smallest absolute Gasteiger partial charge is 0.305 e. The summed E-state index contributed by atoms with van der Waals surface area (Å²) in [6, 6.07) is 0. The standard InChI is InChI=1S/C12H24BrO3P/c1-5-9-10-11(6-2)12(13)17(14,15-7-3)16-8-4/h5-10H2,1-4H3/b12-11-/i2D. The maximum Gasteiger partial charge on any atom is 0.368 e. The topological polar surface area (TPSA) is 35.5 Å². The van der Waals surface area contributed by atoms with Crippen molar-refractivity contribution < 1.29 is 15.0 Å². The lowest BCUT2D eigenvalue weighted by molar-refractivity contribution is 0.228. The van der Waals surface area contributed by atoms with Crippen molar-refractivity contribution in [2.45, 2.75) is 53.4 Å². The maximum atomic E-state index is 12.6. The van der Waals surface area contributed by atoms with Crippen LogP contribution in [0.3, 0.4) is 0 Å². The van der Waals surface area contributed by atoms with Crippen LogP contribution in [-0.2, 0) is 13.6 Å². The minimum Gasteiger partial charge on any atom is -0.305 e. The molecule has 0 N–H and O–H groups in total. The van der Waals surface area contributed by atoms with Gasteiger partial charge in [-0.3, -0.25) is 4.57 Å². The summed E-state index contributed by atoms with van der Waals surface area (Å²) in [5, 5.41) is 0. The first-order valence-corrected chi connectivity index (χ1v) is 8.45. The van der Waals surface area contributed by atoms with Gasteiger partial charge in [0.25, 0.3) is 0 Å². The molecule has 0 spiro atoms. The molecule has 0 unspecified atom stereocenters. The first-order valence-electron chi connectivity index (χ1n) is 6.82. The van der Waals surface area contributed by atoms with Crippen LogP contribution in [0.4, 0.5) is 0 Å². The van der Waals surface area contributed by atoms with E-state index in [4.69, 9.17) is 10.4 Å². The highest BCUT2D eigenvalue weighted by Gasteiger charge is 2.29. The molecule has 102 valence electrons. The van der Waals surface area contributed by atoms with Crippen molar-refractivity contribution in [3.05, 3.63) is 9.80 Å². The molecule has 0 saturated carbocycles. The Labute approximate surface area is 115 Å². The van der Waals surface area contributed by atoms with Gasteiger partial charge in [0.05, 0.1) is 13.2 Å².